The Hall–Kier alpha value is -3.28. The number of rotatable bonds is 3. The number of methoxy groups -OCH3 is 1. The molecular formula is C17H14N4O2. The fourth-order valence-corrected chi connectivity index (χ4v) is 2.68. The van der Waals surface area contributed by atoms with E-state index in [2.05, 4.69) is 20.2 Å². The Kier molecular flexibility index (Phi) is 3.01. The van der Waals surface area contributed by atoms with E-state index in [0.717, 1.165) is 33.5 Å². The lowest BCUT2D eigenvalue weighted by Gasteiger charge is -2.09. The SMILES string of the molecule is COc1cc(O)ccc1-c1ccc2c(-c3ncc[nH]3)n[nH]c2c1. The van der Waals surface area contributed by atoms with E-state index in [9.17, 15) is 5.11 Å². The van der Waals surface area contributed by atoms with Crippen LogP contribution in [0.4, 0.5) is 0 Å². The number of H-pyrrole nitrogens is 2. The monoisotopic (exact) mass is 306 g/mol. The lowest BCUT2D eigenvalue weighted by molar-refractivity contribution is 0.409. The smallest absolute Gasteiger partial charge is 0.158 e. The van der Waals surface area contributed by atoms with Crippen LogP contribution in [0.3, 0.4) is 0 Å². The summed E-state index contributed by atoms with van der Waals surface area (Å²) < 4.78 is 5.36. The van der Waals surface area contributed by atoms with Crippen molar-refractivity contribution in [3.63, 3.8) is 0 Å². The molecule has 0 unspecified atom stereocenters. The minimum absolute atomic E-state index is 0.174. The number of hydrogen-bond acceptors (Lipinski definition) is 4. The first-order chi connectivity index (χ1) is 11.3. The van der Waals surface area contributed by atoms with E-state index in [0.29, 0.717) is 5.75 Å². The van der Waals surface area contributed by atoms with Gasteiger partial charge >= 0.3 is 0 Å². The van der Waals surface area contributed by atoms with Crippen LogP contribution < -0.4 is 4.74 Å². The first-order valence-corrected chi connectivity index (χ1v) is 7.11. The second kappa shape index (κ2) is 5.17. The molecule has 6 nitrogen and oxygen atoms in total. The minimum atomic E-state index is 0.174. The summed E-state index contributed by atoms with van der Waals surface area (Å²) in [6, 6.07) is 11.1. The van der Waals surface area contributed by atoms with Crippen LogP contribution >= 0.6 is 0 Å². The van der Waals surface area contributed by atoms with Gasteiger partial charge in [-0.25, -0.2) is 4.98 Å². The second-order valence-electron chi connectivity index (χ2n) is 5.15. The van der Waals surface area contributed by atoms with Crippen molar-refractivity contribution < 1.29 is 9.84 Å². The molecule has 6 heteroatoms. The Labute approximate surface area is 131 Å². The zero-order valence-corrected chi connectivity index (χ0v) is 12.4. The molecule has 0 saturated carbocycles. The van der Waals surface area contributed by atoms with Crippen LogP contribution in [0.15, 0.2) is 48.8 Å². The number of ether oxygens (including phenoxy) is 1. The molecule has 2 heterocycles. The van der Waals surface area contributed by atoms with Gasteiger partial charge in [-0.05, 0) is 29.8 Å². The number of aromatic amines is 2. The summed E-state index contributed by atoms with van der Waals surface area (Å²) in [6.45, 7) is 0. The van der Waals surface area contributed by atoms with Gasteiger partial charge in [0, 0.05) is 29.4 Å². The summed E-state index contributed by atoms with van der Waals surface area (Å²) in [6.07, 6.45) is 3.47. The number of aromatic nitrogens is 4. The quantitative estimate of drug-likeness (QED) is 0.542. The van der Waals surface area contributed by atoms with Gasteiger partial charge in [-0.1, -0.05) is 6.07 Å². The third kappa shape index (κ3) is 2.20. The standard InChI is InChI=1S/C17H14N4O2/c1-23-15-9-11(22)3-5-12(15)10-2-4-13-14(8-10)20-21-16(13)17-18-6-7-19-17/h2-9,22H,1H3,(H,18,19)(H,20,21). The molecule has 3 N–H and O–H groups in total. The van der Waals surface area contributed by atoms with E-state index in [1.807, 2.05) is 24.3 Å². The summed E-state index contributed by atoms with van der Waals surface area (Å²) in [5.74, 6) is 1.52. The fraction of sp³-hybridized carbons (Fsp3) is 0.0588. The zero-order valence-electron chi connectivity index (χ0n) is 12.4. The summed E-state index contributed by atoms with van der Waals surface area (Å²) >= 11 is 0. The van der Waals surface area contributed by atoms with Gasteiger partial charge in [-0.2, -0.15) is 5.10 Å². The van der Waals surface area contributed by atoms with E-state index >= 15 is 0 Å². The average molecular weight is 306 g/mol. The highest BCUT2D eigenvalue weighted by atomic mass is 16.5. The summed E-state index contributed by atoms with van der Waals surface area (Å²) in [5, 5.41) is 18.0. The first kappa shape index (κ1) is 13.4. The van der Waals surface area contributed by atoms with E-state index in [-0.39, 0.29) is 5.75 Å². The van der Waals surface area contributed by atoms with Crippen molar-refractivity contribution in [1.29, 1.82) is 0 Å². The Morgan fingerprint density at radius 1 is 1.13 bits per heavy atom. The average Bonchev–Trinajstić information content (AvgIpc) is 3.23. The van der Waals surface area contributed by atoms with Crippen molar-refractivity contribution in [2.24, 2.45) is 0 Å². The largest absolute Gasteiger partial charge is 0.508 e. The molecule has 0 spiro atoms. The Morgan fingerprint density at radius 3 is 2.83 bits per heavy atom. The van der Waals surface area contributed by atoms with Gasteiger partial charge in [0.05, 0.1) is 12.6 Å². The van der Waals surface area contributed by atoms with Gasteiger partial charge in [-0.3, -0.25) is 5.10 Å². The van der Waals surface area contributed by atoms with Crippen LogP contribution in [0.2, 0.25) is 0 Å². The van der Waals surface area contributed by atoms with E-state index in [1.165, 1.54) is 0 Å². The molecule has 0 atom stereocenters. The lowest BCUT2D eigenvalue weighted by Crippen LogP contribution is -1.88. The van der Waals surface area contributed by atoms with E-state index in [4.69, 9.17) is 4.74 Å². The van der Waals surface area contributed by atoms with Crippen LogP contribution in [0.25, 0.3) is 33.5 Å². The number of hydrogen-bond donors (Lipinski definition) is 3. The molecule has 4 rings (SSSR count). The first-order valence-electron chi connectivity index (χ1n) is 7.11. The van der Waals surface area contributed by atoms with E-state index < -0.39 is 0 Å². The zero-order chi connectivity index (χ0) is 15.8. The predicted octanol–water partition coefficient (Wildman–Crippen LogP) is 3.33. The van der Waals surface area contributed by atoms with Crippen LogP contribution in [0.1, 0.15) is 0 Å². The molecule has 23 heavy (non-hydrogen) atoms. The maximum absolute atomic E-state index is 9.59. The maximum atomic E-state index is 9.59. The number of imidazole rings is 1. The van der Waals surface area contributed by atoms with Crippen molar-refractivity contribution in [2.75, 3.05) is 7.11 Å². The molecule has 0 bridgehead atoms. The fourth-order valence-electron chi connectivity index (χ4n) is 2.68. The normalized spacial score (nSPS) is 11.0. The van der Waals surface area contributed by atoms with Crippen LogP contribution in [-0.4, -0.2) is 32.4 Å². The number of benzene rings is 2. The maximum Gasteiger partial charge on any atom is 0.158 e. The van der Waals surface area contributed by atoms with Crippen LogP contribution in [-0.2, 0) is 0 Å². The molecular weight excluding hydrogens is 292 g/mol. The number of aromatic hydroxyl groups is 1. The number of fused-ring (bicyclic) bond motifs is 1. The molecule has 2 aromatic heterocycles. The predicted molar refractivity (Wildman–Crippen MR) is 87.3 cm³/mol. The van der Waals surface area contributed by atoms with Gasteiger partial charge in [0.25, 0.3) is 0 Å². The minimum Gasteiger partial charge on any atom is -0.508 e. The molecule has 0 saturated heterocycles. The molecule has 0 aliphatic rings. The Morgan fingerprint density at radius 2 is 2.04 bits per heavy atom. The molecule has 0 radical (unpaired) electrons. The van der Waals surface area contributed by atoms with Crippen molar-refractivity contribution in [1.82, 2.24) is 20.2 Å². The number of phenolic OH excluding ortho intramolecular Hbond substituents is 1. The van der Waals surface area contributed by atoms with E-state index in [1.54, 1.807) is 31.6 Å². The number of nitrogens with zero attached hydrogens (tertiary/aromatic N) is 2. The number of phenols is 1. The van der Waals surface area contributed by atoms with Gasteiger partial charge in [0.1, 0.15) is 17.2 Å². The molecule has 0 fully saturated rings. The van der Waals surface area contributed by atoms with Crippen LogP contribution in [0, 0.1) is 0 Å². The molecule has 0 amide bonds. The Bertz CT molecular complexity index is 974. The lowest BCUT2D eigenvalue weighted by atomic mass is 10.0. The van der Waals surface area contributed by atoms with Gasteiger partial charge in [-0.15, -0.1) is 0 Å². The van der Waals surface area contributed by atoms with Gasteiger partial charge < -0.3 is 14.8 Å². The molecule has 114 valence electrons. The van der Waals surface area contributed by atoms with Crippen molar-refractivity contribution in [3.05, 3.63) is 48.8 Å². The van der Waals surface area contributed by atoms with Crippen molar-refractivity contribution in [3.8, 4) is 34.1 Å². The Balaban J connectivity index is 1.85. The molecule has 0 aliphatic heterocycles. The highest BCUT2D eigenvalue weighted by molar-refractivity contribution is 5.94. The summed E-state index contributed by atoms with van der Waals surface area (Å²) in [7, 11) is 1.59. The highest BCUT2D eigenvalue weighted by Gasteiger charge is 2.12. The van der Waals surface area contributed by atoms with Crippen molar-refractivity contribution >= 4 is 10.9 Å². The highest BCUT2D eigenvalue weighted by Crippen LogP contribution is 2.35. The summed E-state index contributed by atoms with van der Waals surface area (Å²) in [5.41, 5.74) is 3.57. The number of nitrogens with one attached hydrogen (secondary N) is 2. The van der Waals surface area contributed by atoms with Crippen LogP contribution in [0.5, 0.6) is 11.5 Å². The third-order valence-electron chi connectivity index (χ3n) is 3.78. The van der Waals surface area contributed by atoms with Gasteiger partial charge in [0.2, 0.25) is 0 Å². The molecule has 2 aromatic carbocycles. The van der Waals surface area contributed by atoms with Crippen molar-refractivity contribution in [2.45, 2.75) is 0 Å². The summed E-state index contributed by atoms with van der Waals surface area (Å²) in [4.78, 5) is 7.30. The molecule has 0 aliphatic carbocycles. The second-order valence-corrected chi connectivity index (χ2v) is 5.15. The van der Waals surface area contributed by atoms with Gasteiger partial charge in [0.15, 0.2) is 5.82 Å². The topological polar surface area (TPSA) is 86.8 Å². The molecule has 4 aromatic rings. The third-order valence-corrected chi connectivity index (χ3v) is 3.78.